The van der Waals surface area contributed by atoms with Crippen molar-refractivity contribution in [2.75, 3.05) is 11.9 Å². The van der Waals surface area contributed by atoms with Gasteiger partial charge in [-0.1, -0.05) is 6.07 Å². The van der Waals surface area contributed by atoms with Crippen molar-refractivity contribution in [3.8, 4) is 5.69 Å². The van der Waals surface area contributed by atoms with Crippen LogP contribution in [0.4, 0.5) is 5.69 Å². The van der Waals surface area contributed by atoms with Crippen molar-refractivity contribution in [2.24, 2.45) is 0 Å². The average Bonchev–Trinajstić information content (AvgIpc) is 3.27. The van der Waals surface area contributed by atoms with E-state index in [9.17, 15) is 19.2 Å². The van der Waals surface area contributed by atoms with E-state index in [1.54, 1.807) is 54.8 Å². The molecule has 0 aliphatic rings. The molecular formula is C25H23N3O5S. The smallest absolute Gasteiger partial charge is 0.338 e. The third-order valence-corrected chi connectivity index (χ3v) is 6.09. The average molecular weight is 478 g/mol. The number of carbonyl (C=O) groups is 2. The first-order valence-electron chi connectivity index (χ1n) is 10.7. The van der Waals surface area contributed by atoms with Crippen LogP contribution in [-0.2, 0) is 16.1 Å². The normalized spacial score (nSPS) is 10.9. The maximum absolute atomic E-state index is 13.4. The molecule has 174 valence electrons. The van der Waals surface area contributed by atoms with Crippen LogP contribution in [0.3, 0.4) is 0 Å². The van der Waals surface area contributed by atoms with Gasteiger partial charge in [0.15, 0.2) is 0 Å². The van der Waals surface area contributed by atoms with E-state index in [0.717, 1.165) is 15.7 Å². The summed E-state index contributed by atoms with van der Waals surface area (Å²) in [4.78, 5) is 51.1. The van der Waals surface area contributed by atoms with Crippen molar-refractivity contribution in [3.63, 3.8) is 0 Å². The summed E-state index contributed by atoms with van der Waals surface area (Å²) in [6.45, 7) is 5.50. The summed E-state index contributed by atoms with van der Waals surface area (Å²) in [5, 5.41) is 4.45. The second-order valence-electron chi connectivity index (χ2n) is 7.84. The number of nitrogens with one attached hydrogen (secondary N) is 1. The Bertz CT molecular complexity index is 1490. The van der Waals surface area contributed by atoms with Crippen LogP contribution in [-0.4, -0.2) is 27.6 Å². The van der Waals surface area contributed by atoms with Gasteiger partial charge in [-0.3, -0.25) is 14.2 Å². The van der Waals surface area contributed by atoms with Gasteiger partial charge >= 0.3 is 11.7 Å². The van der Waals surface area contributed by atoms with Crippen molar-refractivity contribution in [3.05, 3.63) is 91.4 Å². The minimum Gasteiger partial charge on any atom is -0.462 e. The van der Waals surface area contributed by atoms with E-state index in [2.05, 4.69) is 5.32 Å². The minimum atomic E-state index is -0.589. The molecule has 0 atom stereocenters. The Balaban J connectivity index is 1.68. The molecule has 0 spiro atoms. The lowest BCUT2D eigenvalue weighted by molar-refractivity contribution is -0.116. The molecule has 1 amide bonds. The fraction of sp³-hybridized carbons (Fsp3) is 0.200. The third kappa shape index (κ3) is 4.55. The fourth-order valence-electron chi connectivity index (χ4n) is 3.80. The standard InChI is InChI=1S/C25H23N3O5S/c1-4-33-24(31)17-5-7-18(8-6-17)26-21(29)14-27-20-9-10-34-22(20)23(30)28(25(27)32)19-12-15(2)11-16(3)13-19/h5-13H,4,14H2,1-3H3,(H,26,29). The predicted molar refractivity (Wildman–Crippen MR) is 132 cm³/mol. The Kier molecular flexibility index (Phi) is 6.47. The van der Waals surface area contributed by atoms with Gasteiger partial charge in [0, 0.05) is 5.69 Å². The number of ether oxygens (including phenoxy) is 1. The van der Waals surface area contributed by atoms with E-state index in [-0.39, 0.29) is 13.2 Å². The highest BCUT2D eigenvalue weighted by Crippen LogP contribution is 2.18. The van der Waals surface area contributed by atoms with Gasteiger partial charge in [-0.15, -0.1) is 11.3 Å². The Hall–Kier alpha value is -3.98. The maximum atomic E-state index is 13.4. The number of rotatable bonds is 6. The van der Waals surface area contributed by atoms with Crippen LogP contribution in [0.1, 0.15) is 28.4 Å². The van der Waals surface area contributed by atoms with E-state index in [4.69, 9.17) is 4.74 Å². The second-order valence-corrected chi connectivity index (χ2v) is 8.75. The molecule has 2 aromatic carbocycles. The van der Waals surface area contributed by atoms with E-state index >= 15 is 0 Å². The Morgan fingerprint density at radius 2 is 1.68 bits per heavy atom. The number of aryl methyl sites for hydroxylation is 2. The number of fused-ring (bicyclic) bond motifs is 1. The Morgan fingerprint density at radius 3 is 2.32 bits per heavy atom. The molecule has 0 aliphatic carbocycles. The molecule has 4 rings (SSSR count). The summed E-state index contributed by atoms with van der Waals surface area (Å²) in [6, 6.07) is 13.4. The van der Waals surface area contributed by atoms with Crippen LogP contribution in [0.25, 0.3) is 15.9 Å². The van der Waals surface area contributed by atoms with E-state index in [1.807, 2.05) is 19.9 Å². The maximum Gasteiger partial charge on any atom is 0.338 e. The van der Waals surface area contributed by atoms with Gasteiger partial charge in [0.1, 0.15) is 11.2 Å². The molecule has 0 bridgehead atoms. The van der Waals surface area contributed by atoms with Gasteiger partial charge < -0.3 is 10.1 Å². The molecule has 8 nitrogen and oxygen atoms in total. The molecule has 0 saturated heterocycles. The summed E-state index contributed by atoms with van der Waals surface area (Å²) >= 11 is 1.22. The molecule has 0 unspecified atom stereocenters. The number of hydrogen-bond acceptors (Lipinski definition) is 6. The molecule has 0 saturated carbocycles. The zero-order valence-corrected chi connectivity index (χ0v) is 19.8. The molecule has 2 heterocycles. The van der Waals surface area contributed by atoms with Crippen LogP contribution in [0.2, 0.25) is 0 Å². The first kappa shape index (κ1) is 23.2. The number of carbonyl (C=O) groups excluding carboxylic acids is 2. The topological polar surface area (TPSA) is 99.4 Å². The molecule has 0 aliphatic heterocycles. The van der Waals surface area contributed by atoms with Crippen molar-refractivity contribution < 1.29 is 14.3 Å². The van der Waals surface area contributed by atoms with E-state index < -0.39 is 23.1 Å². The number of benzene rings is 2. The molecule has 2 aromatic heterocycles. The number of hydrogen-bond donors (Lipinski definition) is 1. The lowest BCUT2D eigenvalue weighted by Gasteiger charge is -2.13. The van der Waals surface area contributed by atoms with Crippen molar-refractivity contribution in [2.45, 2.75) is 27.3 Å². The fourth-order valence-corrected chi connectivity index (χ4v) is 4.62. The van der Waals surface area contributed by atoms with Crippen LogP contribution in [0.15, 0.2) is 63.5 Å². The quantitative estimate of drug-likeness (QED) is 0.428. The largest absolute Gasteiger partial charge is 0.462 e. The summed E-state index contributed by atoms with van der Waals surface area (Å²) in [6.07, 6.45) is 0. The third-order valence-electron chi connectivity index (χ3n) is 5.20. The van der Waals surface area contributed by atoms with Crippen LogP contribution < -0.4 is 16.6 Å². The molecule has 0 radical (unpaired) electrons. The molecule has 9 heteroatoms. The number of esters is 1. The molecular weight excluding hydrogens is 454 g/mol. The van der Waals surface area contributed by atoms with Gasteiger partial charge in [-0.25, -0.2) is 14.2 Å². The van der Waals surface area contributed by atoms with Crippen molar-refractivity contribution >= 4 is 39.1 Å². The first-order chi connectivity index (χ1) is 16.3. The number of nitrogens with zero attached hydrogens (tertiary/aromatic N) is 2. The highest BCUT2D eigenvalue weighted by atomic mass is 32.1. The van der Waals surface area contributed by atoms with Crippen LogP contribution >= 0.6 is 11.3 Å². The monoisotopic (exact) mass is 477 g/mol. The van der Waals surface area contributed by atoms with Gasteiger partial charge in [0.25, 0.3) is 5.56 Å². The Labute approximate surface area is 199 Å². The second kappa shape index (κ2) is 9.48. The SMILES string of the molecule is CCOC(=O)c1ccc(NC(=O)Cn2c(=O)n(-c3cc(C)cc(C)c3)c(=O)c3sccc32)cc1. The van der Waals surface area contributed by atoms with E-state index in [0.29, 0.717) is 27.2 Å². The first-order valence-corrected chi connectivity index (χ1v) is 11.5. The summed E-state index contributed by atoms with van der Waals surface area (Å²) in [5.74, 6) is -0.885. The zero-order valence-electron chi connectivity index (χ0n) is 19.0. The van der Waals surface area contributed by atoms with Gasteiger partial charge in [0.05, 0.1) is 23.4 Å². The summed E-state index contributed by atoms with van der Waals surface area (Å²) in [7, 11) is 0. The minimum absolute atomic E-state index is 0.271. The van der Waals surface area contributed by atoms with Crippen LogP contribution in [0.5, 0.6) is 0 Å². The summed E-state index contributed by atoms with van der Waals surface area (Å²) < 4.78 is 7.76. The van der Waals surface area contributed by atoms with Crippen molar-refractivity contribution in [1.82, 2.24) is 9.13 Å². The predicted octanol–water partition coefficient (Wildman–Crippen LogP) is 3.65. The van der Waals surface area contributed by atoms with Crippen molar-refractivity contribution in [1.29, 1.82) is 0 Å². The van der Waals surface area contributed by atoms with Gasteiger partial charge in [-0.05, 0) is 79.7 Å². The lowest BCUT2D eigenvalue weighted by atomic mass is 10.1. The highest BCUT2D eigenvalue weighted by molar-refractivity contribution is 7.17. The lowest BCUT2D eigenvalue weighted by Crippen LogP contribution is -2.40. The molecule has 4 aromatic rings. The molecule has 34 heavy (non-hydrogen) atoms. The van der Waals surface area contributed by atoms with Gasteiger partial charge in [0.2, 0.25) is 5.91 Å². The summed E-state index contributed by atoms with van der Waals surface area (Å²) in [5.41, 5.74) is 2.55. The highest BCUT2D eigenvalue weighted by Gasteiger charge is 2.18. The van der Waals surface area contributed by atoms with Gasteiger partial charge in [-0.2, -0.15) is 0 Å². The number of anilines is 1. The van der Waals surface area contributed by atoms with Crippen LogP contribution in [0, 0.1) is 13.8 Å². The zero-order chi connectivity index (χ0) is 24.4. The van der Waals surface area contributed by atoms with E-state index in [1.165, 1.54) is 15.9 Å². The molecule has 0 fully saturated rings. The number of aromatic nitrogens is 2. The number of amides is 1. The molecule has 1 N–H and O–H groups in total. The Morgan fingerprint density at radius 1 is 1.00 bits per heavy atom. The number of thiophene rings is 1.